The van der Waals surface area contributed by atoms with Crippen LogP contribution in [0.3, 0.4) is 0 Å². The number of carbonyl (C=O) groups is 1. The molecule has 1 aromatic carbocycles. The molecule has 0 saturated heterocycles. The quantitative estimate of drug-likeness (QED) is 0.796. The van der Waals surface area contributed by atoms with E-state index in [0.29, 0.717) is 6.54 Å². The number of nitrogens with one attached hydrogen (secondary N) is 1. The molecule has 0 aliphatic rings. The van der Waals surface area contributed by atoms with Crippen LogP contribution < -0.4 is 5.32 Å². The molecule has 0 spiro atoms. The average molecular weight is 235 g/mol. The van der Waals surface area contributed by atoms with Gasteiger partial charge in [-0.15, -0.1) is 0 Å². The summed E-state index contributed by atoms with van der Waals surface area (Å²) in [6.07, 6.45) is 0. The lowest BCUT2D eigenvalue weighted by Gasteiger charge is -2.19. The summed E-state index contributed by atoms with van der Waals surface area (Å²) in [5.41, 5.74) is 2.41. The maximum atomic E-state index is 11.5. The fourth-order valence-electron chi connectivity index (χ4n) is 1.65. The number of aryl methyl sites for hydroxylation is 1. The van der Waals surface area contributed by atoms with E-state index >= 15 is 0 Å². The summed E-state index contributed by atoms with van der Waals surface area (Å²) in [6, 6.07) is 8.02. The van der Waals surface area contributed by atoms with Crippen LogP contribution in [0.5, 0.6) is 0 Å². The normalized spacial score (nSPS) is 12.5. The summed E-state index contributed by atoms with van der Waals surface area (Å²) in [7, 11) is 1.42. The number of rotatable bonds is 5. The molecule has 3 nitrogen and oxygen atoms in total. The van der Waals surface area contributed by atoms with Crippen molar-refractivity contribution in [2.24, 2.45) is 5.92 Å². The van der Waals surface area contributed by atoms with Crippen molar-refractivity contribution in [3.8, 4) is 0 Å². The third-order valence-corrected chi connectivity index (χ3v) is 2.77. The van der Waals surface area contributed by atoms with E-state index in [9.17, 15) is 4.79 Å². The van der Waals surface area contributed by atoms with Crippen LogP contribution in [0, 0.1) is 12.8 Å². The minimum atomic E-state index is -0.249. The Labute approximate surface area is 103 Å². The van der Waals surface area contributed by atoms with Crippen LogP contribution in [-0.2, 0) is 16.1 Å². The molecule has 1 rings (SSSR count). The molecule has 0 heterocycles. The summed E-state index contributed by atoms with van der Waals surface area (Å²) in [4.78, 5) is 11.5. The number of benzene rings is 1. The summed E-state index contributed by atoms with van der Waals surface area (Å²) in [6.45, 7) is 6.74. The van der Waals surface area contributed by atoms with E-state index in [1.807, 2.05) is 13.8 Å². The zero-order chi connectivity index (χ0) is 12.8. The molecule has 0 aliphatic heterocycles. The highest BCUT2D eigenvalue weighted by Gasteiger charge is 2.21. The van der Waals surface area contributed by atoms with Crippen molar-refractivity contribution in [1.29, 1.82) is 0 Å². The van der Waals surface area contributed by atoms with Gasteiger partial charge in [-0.2, -0.15) is 0 Å². The predicted molar refractivity (Wildman–Crippen MR) is 68.7 cm³/mol. The maximum Gasteiger partial charge on any atom is 0.323 e. The molecule has 1 aromatic rings. The zero-order valence-corrected chi connectivity index (χ0v) is 11.0. The Kier molecular flexibility index (Phi) is 5.16. The van der Waals surface area contributed by atoms with E-state index < -0.39 is 0 Å². The largest absolute Gasteiger partial charge is 0.468 e. The van der Waals surface area contributed by atoms with Crippen molar-refractivity contribution in [3.05, 3.63) is 35.4 Å². The van der Waals surface area contributed by atoms with Crippen molar-refractivity contribution >= 4 is 5.97 Å². The predicted octanol–water partition coefficient (Wildman–Crippen LogP) is 2.28. The van der Waals surface area contributed by atoms with E-state index in [0.717, 1.165) is 0 Å². The first-order valence-corrected chi connectivity index (χ1v) is 5.91. The van der Waals surface area contributed by atoms with Gasteiger partial charge in [-0.05, 0) is 18.4 Å². The Hall–Kier alpha value is -1.35. The Morgan fingerprint density at radius 2 is 1.88 bits per heavy atom. The molecule has 0 bridgehead atoms. The minimum Gasteiger partial charge on any atom is -0.468 e. The van der Waals surface area contributed by atoms with E-state index in [1.54, 1.807) is 0 Å². The molecule has 1 N–H and O–H groups in total. The molecule has 0 unspecified atom stereocenters. The van der Waals surface area contributed by atoms with Crippen molar-refractivity contribution in [1.82, 2.24) is 5.32 Å². The van der Waals surface area contributed by atoms with Crippen molar-refractivity contribution in [2.45, 2.75) is 33.4 Å². The second-order valence-electron chi connectivity index (χ2n) is 4.61. The van der Waals surface area contributed by atoms with Gasteiger partial charge in [-0.3, -0.25) is 4.79 Å². The highest BCUT2D eigenvalue weighted by atomic mass is 16.5. The number of methoxy groups -OCH3 is 1. The molecule has 0 aromatic heterocycles. The van der Waals surface area contributed by atoms with E-state index in [1.165, 1.54) is 18.2 Å². The van der Waals surface area contributed by atoms with Gasteiger partial charge in [-0.25, -0.2) is 0 Å². The molecule has 94 valence electrons. The summed E-state index contributed by atoms with van der Waals surface area (Å²) in [5, 5.41) is 3.23. The van der Waals surface area contributed by atoms with Gasteiger partial charge < -0.3 is 10.1 Å². The number of hydrogen-bond acceptors (Lipinski definition) is 3. The van der Waals surface area contributed by atoms with Crippen LogP contribution in [0.1, 0.15) is 25.0 Å². The Morgan fingerprint density at radius 3 is 2.35 bits per heavy atom. The molecule has 0 aliphatic carbocycles. The third-order valence-electron chi connectivity index (χ3n) is 2.77. The number of esters is 1. The lowest BCUT2D eigenvalue weighted by Crippen LogP contribution is -2.41. The van der Waals surface area contributed by atoms with Gasteiger partial charge in [-0.1, -0.05) is 43.7 Å². The fourth-order valence-corrected chi connectivity index (χ4v) is 1.65. The second-order valence-corrected chi connectivity index (χ2v) is 4.61. The molecular formula is C14H21NO2. The van der Waals surface area contributed by atoms with Crippen molar-refractivity contribution in [3.63, 3.8) is 0 Å². The Bertz CT molecular complexity index is 357. The highest BCUT2D eigenvalue weighted by molar-refractivity contribution is 5.75. The van der Waals surface area contributed by atoms with E-state index in [4.69, 9.17) is 4.74 Å². The standard InChI is InChI=1S/C14H21NO2/c1-10(2)13(14(16)17-4)15-9-12-7-5-11(3)6-8-12/h5-8,10,13,15H,9H2,1-4H3/t13-/m0/s1. The van der Waals surface area contributed by atoms with Crippen LogP contribution in [0.2, 0.25) is 0 Å². The molecule has 0 saturated carbocycles. The smallest absolute Gasteiger partial charge is 0.323 e. The monoisotopic (exact) mass is 235 g/mol. The van der Waals surface area contributed by atoms with Gasteiger partial charge in [0.25, 0.3) is 0 Å². The van der Waals surface area contributed by atoms with Gasteiger partial charge in [0.15, 0.2) is 0 Å². The molecule has 0 radical (unpaired) electrons. The van der Waals surface area contributed by atoms with Crippen LogP contribution in [0.15, 0.2) is 24.3 Å². The summed E-state index contributed by atoms with van der Waals surface area (Å²) < 4.78 is 4.78. The molecule has 17 heavy (non-hydrogen) atoms. The van der Waals surface area contributed by atoms with Gasteiger partial charge >= 0.3 is 5.97 Å². The van der Waals surface area contributed by atoms with E-state index in [2.05, 4.69) is 36.5 Å². The number of carbonyl (C=O) groups excluding carboxylic acids is 1. The van der Waals surface area contributed by atoms with Gasteiger partial charge in [0.05, 0.1) is 7.11 Å². The fraction of sp³-hybridized carbons (Fsp3) is 0.500. The zero-order valence-electron chi connectivity index (χ0n) is 11.0. The Morgan fingerprint density at radius 1 is 1.29 bits per heavy atom. The third kappa shape index (κ3) is 4.19. The van der Waals surface area contributed by atoms with Gasteiger partial charge in [0.1, 0.15) is 6.04 Å². The second kappa shape index (κ2) is 6.40. The highest BCUT2D eigenvalue weighted by Crippen LogP contribution is 2.07. The SMILES string of the molecule is COC(=O)[C@@H](NCc1ccc(C)cc1)C(C)C. The van der Waals surface area contributed by atoms with Crippen LogP contribution >= 0.6 is 0 Å². The van der Waals surface area contributed by atoms with Gasteiger partial charge in [0, 0.05) is 6.54 Å². The minimum absolute atomic E-state index is 0.202. The summed E-state index contributed by atoms with van der Waals surface area (Å²) >= 11 is 0. The first kappa shape index (κ1) is 13.7. The molecular weight excluding hydrogens is 214 g/mol. The lowest BCUT2D eigenvalue weighted by atomic mass is 10.0. The lowest BCUT2D eigenvalue weighted by molar-refractivity contribution is -0.144. The van der Waals surface area contributed by atoms with Crippen LogP contribution in [-0.4, -0.2) is 19.1 Å². The van der Waals surface area contributed by atoms with Crippen molar-refractivity contribution in [2.75, 3.05) is 7.11 Å². The topological polar surface area (TPSA) is 38.3 Å². The van der Waals surface area contributed by atoms with Gasteiger partial charge in [0.2, 0.25) is 0 Å². The number of ether oxygens (including phenoxy) is 1. The number of hydrogen-bond donors (Lipinski definition) is 1. The van der Waals surface area contributed by atoms with Crippen LogP contribution in [0.25, 0.3) is 0 Å². The first-order valence-electron chi connectivity index (χ1n) is 5.91. The van der Waals surface area contributed by atoms with Crippen molar-refractivity contribution < 1.29 is 9.53 Å². The maximum absolute atomic E-state index is 11.5. The molecule has 3 heteroatoms. The molecule has 0 amide bonds. The van der Waals surface area contributed by atoms with E-state index in [-0.39, 0.29) is 17.9 Å². The molecule has 1 atom stereocenters. The first-order chi connectivity index (χ1) is 8.04. The Balaban J connectivity index is 2.58. The average Bonchev–Trinajstić information content (AvgIpc) is 2.31. The summed E-state index contributed by atoms with van der Waals surface area (Å²) in [5.74, 6) is 0.0139. The van der Waals surface area contributed by atoms with Crippen LogP contribution in [0.4, 0.5) is 0 Å². The molecule has 0 fully saturated rings.